The van der Waals surface area contributed by atoms with E-state index in [2.05, 4.69) is 15.1 Å². The number of fused-ring (bicyclic) bond motifs is 1. The molecule has 4 rings (SSSR count). The highest BCUT2D eigenvalue weighted by atomic mass is 16.2. The number of nitrogens with one attached hydrogen (secondary N) is 1. The summed E-state index contributed by atoms with van der Waals surface area (Å²) in [6.07, 6.45) is 5.73. The van der Waals surface area contributed by atoms with Gasteiger partial charge in [0, 0.05) is 36.8 Å². The molecule has 1 saturated heterocycles. The average molecular weight is 337 g/mol. The van der Waals surface area contributed by atoms with E-state index in [1.165, 1.54) is 4.52 Å². The molecule has 0 saturated carbocycles. The number of rotatable bonds is 3. The molecule has 3 aromatic heterocycles. The number of likely N-dealkylation sites (tertiary alicyclic amines) is 1. The van der Waals surface area contributed by atoms with Crippen LogP contribution in [0.4, 0.5) is 0 Å². The molecule has 1 amide bonds. The van der Waals surface area contributed by atoms with Gasteiger partial charge in [0.15, 0.2) is 5.65 Å². The van der Waals surface area contributed by atoms with Gasteiger partial charge in [-0.15, -0.1) is 0 Å². The largest absolute Gasteiger partial charge is 0.330 e. The Hall–Kier alpha value is -2.96. The molecular formula is C18H19N5O2. The van der Waals surface area contributed by atoms with E-state index < -0.39 is 0 Å². The van der Waals surface area contributed by atoms with E-state index in [0.717, 1.165) is 24.2 Å². The number of carbonyl (C=O) groups is 1. The summed E-state index contributed by atoms with van der Waals surface area (Å²) in [7, 11) is 0. The molecule has 0 spiro atoms. The molecule has 128 valence electrons. The second kappa shape index (κ2) is 6.16. The number of nitrogens with zero attached hydrogens (tertiary/aromatic N) is 4. The van der Waals surface area contributed by atoms with Gasteiger partial charge in [-0.05, 0) is 31.4 Å². The van der Waals surface area contributed by atoms with Crippen molar-refractivity contribution in [2.45, 2.75) is 32.2 Å². The highest BCUT2D eigenvalue weighted by Crippen LogP contribution is 2.32. The van der Waals surface area contributed by atoms with Gasteiger partial charge in [-0.1, -0.05) is 6.92 Å². The molecule has 7 heteroatoms. The third-order valence-corrected chi connectivity index (χ3v) is 4.67. The molecule has 3 aromatic rings. The monoisotopic (exact) mass is 337 g/mol. The van der Waals surface area contributed by atoms with Crippen molar-refractivity contribution in [2.75, 3.05) is 6.54 Å². The van der Waals surface area contributed by atoms with Crippen molar-refractivity contribution in [3.05, 3.63) is 64.0 Å². The van der Waals surface area contributed by atoms with Crippen molar-refractivity contribution in [1.29, 1.82) is 0 Å². The minimum Gasteiger partial charge on any atom is -0.330 e. The smallest absolute Gasteiger partial charge is 0.272 e. The van der Waals surface area contributed by atoms with Crippen molar-refractivity contribution in [1.82, 2.24) is 24.5 Å². The quantitative estimate of drug-likeness (QED) is 0.792. The van der Waals surface area contributed by atoms with Gasteiger partial charge in [0.05, 0.1) is 17.3 Å². The van der Waals surface area contributed by atoms with Crippen LogP contribution in [0, 0.1) is 0 Å². The zero-order valence-electron chi connectivity index (χ0n) is 14.0. The molecule has 0 bridgehead atoms. The first-order valence-electron chi connectivity index (χ1n) is 8.50. The highest BCUT2D eigenvalue weighted by Gasteiger charge is 2.32. The average Bonchev–Trinajstić information content (AvgIpc) is 3.28. The molecule has 1 fully saturated rings. The van der Waals surface area contributed by atoms with E-state index in [1.807, 2.05) is 17.9 Å². The van der Waals surface area contributed by atoms with Crippen LogP contribution in [0.1, 0.15) is 47.6 Å². The number of hydrogen-bond acceptors (Lipinski definition) is 4. The lowest BCUT2D eigenvalue weighted by atomic mass is 10.1. The highest BCUT2D eigenvalue weighted by molar-refractivity contribution is 5.94. The minimum absolute atomic E-state index is 0.0381. The van der Waals surface area contributed by atoms with E-state index in [4.69, 9.17) is 0 Å². The van der Waals surface area contributed by atoms with Crippen LogP contribution in [0.15, 0.2) is 41.5 Å². The van der Waals surface area contributed by atoms with Crippen LogP contribution in [0.2, 0.25) is 0 Å². The van der Waals surface area contributed by atoms with Crippen LogP contribution >= 0.6 is 0 Å². The molecule has 0 radical (unpaired) electrons. The van der Waals surface area contributed by atoms with Crippen LogP contribution in [0.3, 0.4) is 0 Å². The van der Waals surface area contributed by atoms with E-state index in [0.29, 0.717) is 24.2 Å². The van der Waals surface area contributed by atoms with Gasteiger partial charge in [-0.3, -0.25) is 19.7 Å². The Bertz CT molecular complexity index is 976. The van der Waals surface area contributed by atoms with Gasteiger partial charge < -0.3 is 4.90 Å². The lowest BCUT2D eigenvalue weighted by molar-refractivity contribution is 0.0732. The Balaban J connectivity index is 1.71. The summed E-state index contributed by atoms with van der Waals surface area (Å²) < 4.78 is 1.44. The molecule has 7 nitrogen and oxygen atoms in total. The minimum atomic E-state index is -0.128. The predicted molar refractivity (Wildman–Crippen MR) is 92.4 cm³/mol. The van der Waals surface area contributed by atoms with Crippen LogP contribution in [0.5, 0.6) is 0 Å². The van der Waals surface area contributed by atoms with E-state index in [1.54, 1.807) is 30.6 Å². The summed E-state index contributed by atoms with van der Waals surface area (Å²) in [6, 6.07) is 6.87. The Kier molecular flexibility index (Phi) is 3.83. The Labute approximate surface area is 144 Å². The van der Waals surface area contributed by atoms with Crippen molar-refractivity contribution in [3.8, 4) is 0 Å². The molecule has 4 heterocycles. The Morgan fingerprint density at radius 1 is 1.40 bits per heavy atom. The number of amides is 1. The van der Waals surface area contributed by atoms with Crippen LogP contribution in [-0.2, 0) is 6.42 Å². The van der Waals surface area contributed by atoms with Crippen LogP contribution in [-0.4, -0.2) is 36.9 Å². The first kappa shape index (κ1) is 15.6. The van der Waals surface area contributed by atoms with E-state index in [-0.39, 0.29) is 17.5 Å². The predicted octanol–water partition coefficient (Wildman–Crippen LogP) is 1.96. The molecular weight excluding hydrogens is 318 g/mol. The third kappa shape index (κ3) is 2.71. The zero-order chi connectivity index (χ0) is 17.4. The number of aromatic amines is 1. The second-order valence-electron chi connectivity index (χ2n) is 6.24. The van der Waals surface area contributed by atoms with Gasteiger partial charge in [0.2, 0.25) is 0 Å². The number of aromatic nitrogens is 4. The Morgan fingerprint density at radius 2 is 2.28 bits per heavy atom. The molecule has 1 N–H and O–H groups in total. The number of H-pyrrole nitrogens is 1. The number of pyridine rings is 1. The fourth-order valence-corrected chi connectivity index (χ4v) is 3.40. The van der Waals surface area contributed by atoms with Gasteiger partial charge in [0.25, 0.3) is 11.5 Å². The van der Waals surface area contributed by atoms with Gasteiger partial charge in [0.1, 0.15) is 0 Å². The number of aryl methyl sites for hydroxylation is 1. The number of carbonyl (C=O) groups excluding carboxylic acids is 1. The van der Waals surface area contributed by atoms with Crippen LogP contribution < -0.4 is 5.56 Å². The maximum atomic E-state index is 12.8. The SMILES string of the molecule is CCc1cc(=O)n2[nH]c([C@H]3CCCN3C(=O)c3cccnc3)cc2n1. The standard InChI is InChI=1S/C18H19N5O2/c1-2-13-9-17(24)23-16(20-13)10-14(21-23)15-6-4-8-22(15)18(25)12-5-3-7-19-11-12/h3,5,7,9-11,15,21H,2,4,6,8H2,1H3/t15-/m1/s1. The molecule has 1 aliphatic rings. The normalized spacial score (nSPS) is 17.3. The first-order chi connectivity index (χ1) is 12.2. The van der Waals surface area contributed by atoms with Crippen molar-refractivity contribution >= 4 is 11.6 Å². The third-order valence-electron chi connectivity index (χ3n) is 4.67. The molecule has 1 atom stereocenters. The fraction of sp³-hybridized carbons (Fsp3) is 0.333. The summed E-state index contributed by atoms with van der Waals surface area (Å²) in [6.45, 7) is 2.66. The number of hydrogen-bond donors (Lipinski definition) is 1. The van der Waals surface area contributed by atoms with Crippen LogP contribution in [0.25, 0.3) is 5.65 Å². The summed E-state index contributed by atoms with van der Waals surface area (Å²) in [4.78, 5) is 35.4. The lowest BCUT2D eigenvalue weighted by Crippen LogP contribution is -2.31. The van der Waals surface area contributed by atoms with E-state index >= 15 is 0 Å². The maximum Gasteiger partial charge on any atom is 0.272 e. The van der Waals surface area contributed by atoms with Gasteiger partial charge in [-0.25, -0.2) is 9.50 Å². The molecule has 25 heavy (non-hydrogen) atoms. The molecule has 0 aromatic carbocycles. The lowest BCUT2D eigenvalue weighted by Gasteiger charge is -2.23. The molecule has 0 unspecified atom stereocenters. The van der Waals surface area contributed by atoms with Gasteiger partial charge in [-0.2, -0.15) is 0 Å². The summed E-state index contributed by atoms with van der Waals surface area (Å²) in [5.41, 5.74) is 2.66. The summed E-state index contributed by atoms with van der Waals surface area (Å²) >= 11 is 0. The molecule has 0 aliphatic carbocycles. The van der Waals surface area contributed by atoms with E-state index in [9.17, 15) is 9.59 Å². The summed E-state index contributed by atoms with van der Waals surface area (Å²) in [5, 5.41) is 3.13. The first-order valence-corrected chi connectivity index (χ1v) is 8.50. The van der Waals surface area contributed by atoms with Crippen molar-refractivity contribution in [3.63, 3.8) is 0 Å². The Morgan fingerprint density at radius 3 is 3.04 bits per heavy atom. The second-order valence-corrected chi connectivity index (χ2v) is 6.24. The maximum absolute atomic E-state index is 12.8. The van der Waals surface area contributed by atoms with Gasteiger partial charge >= 0.3 is 0 Å². The molecule has 1 aliphatic heterocycles. The topological polar surface area (TPSA) is 83.4 Å². The van der Waals surface area contributed by atoms with Crippen molar-refractivity contribution < 1.29 is 4.79 Å². The van der Waals surface area contributed by atoms with Crippen molar-refractivity contribution in [2.24, 2.45) is 0 Å². The zero-order valence-corrected chi connectivity index (χ0v) is 14.0. The summed E-state index contributed by atoms with van der Waals surface area (Å²) in [5.74, 6) is -0.0381. The fourth-order valence-electron chi connectivity index (χ4n) is 3.40.